The highest BCUT2D eigenvalue weighted by Gasteiger charge is 2.07. The van der Waals surface area contributed by atoms with Crippen LogP contribution in [0, 0.1) is 7.14 Å². The number of nitrogens with zero attached hydrogens (tertiary/aromatic N) is 1. The van der Waals surface area contributed by atoms with Gasteiger partial charge in [0, 0.05) is 14.7 Å². The molecular weight excluding hydrogens is 510 g/mol. The van der Waals surface area contributed by atoms with Crippen molar-refractivity contribution >= 4 is 57.3 Å². The number of ether oxygens (including phenoxy) is 1. The molecule has 0 saturated heterocycles. The lowest BCUT2D eigenvalue weighted by molar-refractivity contribution is 0.0954. The van der Waals surface area contributed by atoms with E-state index in [1.807, 2.05) is 28.7 Å². The van der Waals surface area contributed by atoms with Crippen molar-refractivity contribution in [1.82, 2.24) is 5.43 Å². The molecule has 0 unspecified atom stereocenters. The first-order valence-corrected chi connectivity index (χ1v) is 8.32. The van der Waals surface area contributed by atoms with E-state index in [9.17, 15) is 9.90 Å². The molecule has 7 heteroatoms. The first-order valence-electron chi connectivity index (χ1n) is 6.16. The number of hydrazone groups is 1. The Hall–Kier alpha value is -1.36. The lowest BCUT2D eigenvalue weighted by atomic mass is 10.2. The number of carbonyl (C=O) groups is 1. The van der Waals surface area contributed by atoms with Gasteiger partial charge in [-0.3, -0.25) is 4.79 Å². The monoisotopic (exact) mass is 522 g/mol. The number of hydrogen-bond acceptors (Lipinski definition) is 4. The zero-order valence-corrected chi connectivity index (χ0v) is 15.8. The lowest BCUT2D eigenvalue weighted by Gasteiger charge is -2.04. The van der Waals surface area contributed by atoms with E-state index in [-0.39, 0.29) is 11.7 Å². The fraction of sp³-hybridized carbons (Fsp3) is 0.0667. The van der Waals surface area contributed by atoms with Crippen molar-refractivity contribution in [2.45, 2.75) is 0 Å². The van der Waals surface area contributed by atoms with Crippen molar-refractivity contribution in [2.75, 3.05) is 7.11 Å². The molecule has 0 radical (unpaired) electrons. The minimum Gasteiger partial charge on any atom is -0.506 e. The minimum atomic E-state index is -0.352. The third kappa shape index (κ3) is 4.32. The summed E-state index contributed by atoms with van der Waals surface area (Å²) < 4.78 is 6.77. The van der Waals surface area contributed by atoms with E-state index in [1.54, 1.807) is 30.3 Å². The first-order chi connectivity index (χ1) is 10.5. The smallest absolute Gasteiger partial charge is 0.271 e. The topological polar surface area (TPSA) is 70.9 Å². The predicted octanol–water partition coefficient (Wildman–Crippen LogP) is 3.37. The summed E-state index contributed by atoms with van der Waals surface area (Å²) in [5.74, 6) is 0.386. The summed E-state index contributed by atoms with van der Waals surface area (Å²) in [5, 5.41) is 13.8. The van der Waals surface area contributed by atoms with Gasteiger partial charge in [-0.05, 0) is 75.5 Å². The Bertz CT molecular complexity index is 733. The average Bonchev–Trinajstić information content (AvgIpc) is 2.51. The predicted molar refractivity (Wildman–Crippen MR) is 102 cm³/mol. The summed E-state index contributed by atoms with van der Waals surface area (Å²) in [5.41, 5.74) is 3.41. The summed E-state index contributed by atoms with van der Waals surface area (Å²) in [6.07, 6.45) is 1.41. The highest BCUT2D eigenvalue weighted by molar-refractivity contribution is 14.1. The maximum absolute atomic E-state index is 12.0. The van der Waals surface area contributed by atoms with Crippen LogP contribution in [0.25, 0.3) is 0 Å². The summed E-state index contributed by atoms with van der Waals surface area (Å²) in [7, 11) is 1.54. The molecule has 2 N–H and O–H groups in total. The molecule has 2 aromatic carbocycles. The van der Waals surface area contributed by atoms with Gasteiger partial charge in [-0.2, -0.15) is 5.10 Å². The van der Waals surface area contributed by atoms with Crippen LogP contribution in [-0.2, 0) is 0 Å². The van der Waals surface area contributed by atoms with Crippen LogP contribution in [0.4, 0.5) is 0 Å². The summed E-state index contributed by atoms with van der Waals surface area (Å²) in [6, 6.07) is 10.4. The number of amides is 1. The summed E-state index contributed by atoms with van der Waals surface area (Å²) >= 11 is 4.19. The van der Waals surface area contributed by atoms with Gasteiger partial charge in [0.2, 0.25) is 0 Å². The Balaban J connectivity index is 2.10. The number of methoxy groups -OCH3 is 1. The highest BCUT2D eigenvalue weighted by Crippen LogP contribution is 2.25. The van der Waals surface area contributed by atoms with Crippen molar-refractivity contribution in [1.29, 1.82) is 0 Å². The van der Waals surface area contributed by atoms with E-state index in [4.69, 9.17) is 4.74 Å². The number of hydrogen-bond donors (Lipinski definition) is 2. The van der Waals surface area contributed by atoms with Crippen molar-refractivity contribution in [3.05, 3.63) is 54.7 Å². The van der Waals surface area contributed by atoms with Crippen LogP contribution < -0.4 is 10.2 Å². The van der Waals surface area contributed by atoms with Gasteiger partial charge < -0.3 is 9.84 Å². The van der Waals surface area contributed by atoms with Gasteiger partial charge in [0.1, 0.15) is 11.5 Å². The molecular formula is C15H12I2N2O3. The molecule has 0 saturated carbocycles. The van der Waals surface area contributed by atoms with Gasteiger partial charge >= 0.3 is 0 Å². The highest BCUT2D eigenvalue weighted by atomic mass is 127. The Morgan fingerprint density at radius 2 is 2.09 bits per heavy atom. The number of carbonyl (C=O) groups excluding carboxylic acids is 1. The van der Waals surface area contributed by atoms with E-state index < -0.39 is 0 Å². The Kier molecular flexibility index (Phi) is 6.00. The molecule has 0 aliphatic heterocycles. The first kappa shape index (κ1) is 17.0. The summed E-state index contributed by atoms with van der Waals surface area (Å²) in [6.45, 7) is 0. The Morgan fingerprint density at radius 3 is 2.82 bits per heavy atom. The molecule has 0 spiro atoms. The quantitative estimate of drug-likeness (QED) is 0.368. The van der Waals surface area contributed by atoms with Gasteiger partial charge in [0.15, 0.2) is 0 Å². The van der Waals surface area contributed by atoms with Crippen LogP contribution in [0.15, 0.2) is 41.5 Å². The SMILES string of the molecule is COc1cccc(C(=O)N/N=C/c2cc(I)cc(I)c2O)c1. The van der Waals surface area contributed by atoms with Crippen molar-refractivity contribution < 1.29 is 14.6 Å². The van der Waals surface area contributed by atoms with Gasteiger partial charge in [-0.25, -0.2) is 5.43 Å². The number of phenols is 1. The van der Waals surface area contributed by atoms with Crippen molar-refractivity contribution in [3.8, 4) is 11.5 Å². The van der Waals surface area contributed by atoms with Crippen LogP contribution >= 0.6 is 45.2 Å². The van der Waals surface area contributed by atoms with E-state index in [0.29, 0.717) is 16.9 Å². The maximum atomic E-state index is 12.0. The molecule has 0 aliphatic rings. The number of benzene rings is 2. The fourth-order valence-corrected chi connectivity index (χ4v) is 3.56. The molecule has 0 aromatic heterocycles. The zero-order chi connectivity index (χ0) is 16.1. The third-order valence-electron chi connectivity index (χ3n) is 2.76. The number of aromatic hydroxyl groups is 1. The molecule has 22 heavy (non-hydrogen) atoms. The van der Waals surface area contributed by atoms with Crippen LogP contribution in [0.3, 0.4) is 0 Å². The molecule has 2 rings (SSSR count). The van der Waals surface area contributed by atoms with Crippen molar-refractivity contribution in [2.24, 2.45) is 5.10 Å². The second-order valence-electron chi connectivity index (χ2n) is 4.26. The maximum Gasteiger partial charge on any atom is 0.271 e. The third-order valence-corrected chi connectivity index (χ3v) is 4.20. The van der Waals surface area contributed by atoms with Crippen LogP contribution in [-0.4, -0.2) is 24.3 Å². The molecule has 5 nitrogen and oxygen atoms in total. The van der Waals surface area contributed by atoms with Gasteiger partial charge in [-0.15, -0.1) is 0 Å². The molecule has 114 valence electrons. The Labute approximate surface area is 155 Å². The van der Waals surface area contributed by atoms with E-state index in [1.165, 1.54) is 13.3 Å². The lowest BCUT2D eigenvalue weighted by Crippen LogP contribution is -2.17. The van der Waals surface area contributed by atoms with Gasteiger partial charge in [0.05, 0.1) is 16.9 Å². The molecule has 0 aliphatic carbocycles. The van der Waals surface area contributed by atoms with Gasteiger partial charge in [-0.1, -0.05) is 6.07 Å². The van der Waals surface area contributed by atoms with Crippen LogP contribution in [0.1, 0.15) is 15.9 Å². The van der Waals surface area contributed by atoms with E-state index in [0.717, 1.165) is 7.14 Å². The molecule has 2 aromatic rings. The number of nitrogens with one attached hydrogen (secondary N) is 1. The molecule has 1 amide bonds. The molecule has 0 fully saturated rings. The van der Waals surface area contributed by atoms with Crippen LogP contribution in [0.2, 0.25) is 0 Å². The van der Waals surface area contributed by atoms with Gasteiger partial charge in [0.25, 0.3) is 5.91 Å². The second-order valence-corrected chi connectivity index (χ2v) is 6.66. The van der Waals surface area contributed by atoms with E-state index >= 15 is 0 Å². The Morgan fingerprint density at radius 1 is 1.32 bits per heavy atom. The normalized spacial score (nSPS) is 10.7. The number of rotatable bonds is 4. The summed E-state index contributed by atoms with van der Waals surface area (Å²) in [4.78, 5) is 12.0. The second kappa shape index (κ2) is 7.77. The minimum absolute atomic E-state index is 0.139. The average molecular weight is 522 g/mol. The standard InChI is InChI=1S/C15H12I2N2O3/c1-22-12-4-2-3-9(6-12)15(21)19-18-8-10-5-11(16)7-13(17)14(10)20/h2-8,20H,1H3,(H,19,21)/b18-8+. The largest absolute Gasteiger partial charge is 0.506 e. The number of phenolic OH excluding ortho intramolecular Hbond substituents is 1. The van der Waals surface area contributed by atoms with Crippen LogP contribution in [0.5, 0.6) is 11.5 Å². The molecule has 0 atom stereocenters. The number of halogens is 2. The molecule has 0 heterocycles. The fourth-order valence-electron chi connectivity index (χ4n) is 1.67. The zero-order valence-electron chi connectivity index (χ0n) is 11.5. The van der Waals surface area contributed by atoms with E-state index in [2.05, 4.69) is 33.1 Å². The molecule has 0 bridgehead atoms. The van der Waals surface area contributed by atoms with Crippen molar-refractivity contribution in [3.63, 3.8) is 0 Å².